The van der Waals surface area contributed by atoms with Crippen molar-refractivity contribution in [3.05, 3.63) is 24.3 Å². The Morgan fingerprint density at radius 3 is 1.62 bits per heavy atom. The lowest BCUT2D eigenvalue weighted by Crippen LogP contribution is -2.36. The van der Waals surface area contributed by atoms with E-state index in [0.717, 1.165) is 37.3 Å². The lowest BCUT2D eigenvalue weighted by molar-refractivity contribution is 0.209. The van der Waals surface area contributed by atoms with E-state index in [-0.39, 0.29) is 6.03 Å². The minimum absolute atomic E-state index is 0.0460. The quantitative estimate of drug-likeness (QED) is 0.294. The maximum Gasteiger partial charge on any atom is 0.321 e. The maximum absolute atomic E-state index is 12.9. The van der Waals surface area contributed by atoms with Crippen LogP contribution in [0.5, 0.6) is 0 Å². The molecule has 0 aliphatic rings. The number of carbonyl (C=O) groups excluding carboxylic acids is 1. The SMILES string of the molecule is CCCCCCCCN(CCCCCCCC)C(=O)Nc1ccc(N(C)C)cc1. The monoisotopic (exact) mass is 403 g/mol. The molecule has 4 nitrogen and oxygen atoms in total. The van der Waals surface area contributed by atoms with E-state index in [1.165, 1.54) is 64.2 Å². The molecule has 0 saturated carbocycles. The van der Waals surface area contributed by atoms with Crippen molar-refractivity contribution >= 4 is 17.4 Å². The molecule has 0 bridgehead atoms. The summed E-state index contributed by atoms with van der Waals surface area (Å²) in [4.78, 5) is 17.0. The Labute approximate surface area is 180 Å². The Morgan fingerprint density at radius 1 is 0.724 bits per heavy atom. The zero-order valence-corrected chi connectivity index (χ0v) is 19.5. The van der Waals surface area contributed by atoms with Gasteiger partial charge in [-0.2, -0.15) is 0 Å². The highest BCUT2D eigenvalue weighted by Gasteiger charge is 2.13. The number of rotatable bonds is 16. The normalized spacial score (nSPS) is 10.8. The third-order valence-corrected chi connectivity index (χ3v) is 5.49. The maximum atomic E-state index is 12.9. The van der Waals surface area contributed by atoms with Crippen molar-refractivity contribution in [3.63, 3.8) is 0 Å². The Balaban J connectivity index is 2.49. The minimum Gasteiger partial charge on any atom is -0.378 e. The lowest BCUT2D eigenvalue weighted by Gasteiger charge is -2.23. The molecule has 0 unspecified atom stereocenters. The number of anilines is 2. The van der Waals surface area contributed by atoms with E-state index in [4.69, 9.17) is 0 Å². The average molecular weight is 404 g/mol. The molecule has 166 valence electrons. The summed E-state index contributed by atoms with van der Waals surface area (Å²) >= 11 is 0. The lowest BCUT2D eigenvalue weighted by atomic mass is 10.1. The van der Waals surface area contributed by atoms with Crippen LogP contribution in [0, 0.1) is 0 Å². The second kappa shape index (κ2) is 16.1. The summed E-state index contributed by atoms with van der Waals surface area (Å²) in [7, 11) is 4.05. The largest absolute Gasteiger partial charge is 0.378 e. The third kappa shape index (κ3) is 11.8. The van der Waals surface area contributed by atoms with Gasteiger partial charge in [0.05, 0.1) is 0 Å². The topological polar surface area (TPSA) is 35.6 Å². The van der Waals surface area contributed by atoms with Gasteiger partial charge < -0.3 is 15.1 Å². The molecule has 0 aliphatic carbocycles. The van der Waals surface area contributed by atoms with Crippen LogP contribution in [-0.4, -0.2) is 38.1 Å². The van der Waals surface area contributed by atoms with E-state index in [9.17, 15) is 4.79 Å². The van der Waals surface area contributed by atoms with Crippen LogP contribution in [0.15, 0.2) is 24.3 Å². The fourth-order valence-electron chi connectivity index (χ4n) is 3.53. The van der Waals surface area contributed by atoms with Gasteiger partial charge in [-0.05, 0) is 37.1 Å². The van der Waals surface area contributed by atoms with Crippen molar-refractivity contribution in [1.82, 2.24) is 4.90 Å². The molecule has 29 heavy (non-hydrogen) atoms. The van der Waals surface area contributed by atoms with E-state index >= 15 is 0 Å². The number of amides is 2. The second-order valence-electron chi connectivity index (χ2n) is 8.39. The molecule has 0 fully saturated rings. The van der Waals surface area contributed by atoms with Crippen molar-refractivity contribution in [2.24, 2.45) is 0 Å². The molecule has 2 amide bonds. The van der Waals surface area contributed by atoms with Crippen LogP contribution >= 0.6 is 0 Å². The highest BCUT2D eigenvalue weighted by atomic mass is 16.2. The number of benzene rings is 1. The van der Waals surface area contributed by atoms with Gasteiger partial charge in [-0.25, -0.2) is 4.79 Å². The van der Waals surface area contributed by atoms with Gasteiger partial charge in [0.2, 0.25) is 0 Å². The van der Waals surface area contributed by atoms with Crippen LogP contribution in [0.4, 0.5) is 16.2 Å². The molecule has 0 aromatic heterocycles. The average Bonchev–Trinajstić information content (AvgIpc) is 2.71. The first-order chi connectivity index (χ1) is 14.1. The summed E-state index contributed by atoms with van der Waals surface area (Å²) < 4.78 is 0. The summed E-state index contributed by atoms with van der Waals surface area (Å²) in [5.41, 5.74) is 2.01. The zero-order chi connectivity index (χ0) is 21.3. The van der Waals surface area contributed by atoms with Crippen LogP contribution in [0.2, 0.25) is 0 Å². The van der Waals surface area contributed by atoms with Crippen molar-refractivity contribution in [3.8, 4) is 0 Å². The number of hydrogen-bond acceptors (Lipinski definition) is 2. The van der Waals surface area contributed by atoms with Crippen molar-refractivity contribution in [2.75, 3.05) is 37.4 Å². The highest BCUT2D eigenvalue weighted by Crippen LogP contribution is 2.17. The molecule has 1 aromatic rings. The number of nitrogens with one attached hydrogen (secondary N) is 1. The summed E-state index contributed by atoms with van der Waals surface area (Å²) in [6, 6.07) is 8.11. The second-order valence-corrected chi connectivity index (χ2v) is 8.39. The molecule has 1 rings (SSSR count). The van der Waals surface area contributed by atoms with Gasteiger partial charge in [0.15, 0.2) is 0 Å². The standard InChI is InChI=1S/C25H45N3O/c1-5-7-9-11-13-15-21-28(22-16-14-12-10-8-6-2)25(29)26-23-17-19-24(20-18-23)27(3)4/h17-20H,5-16,21-22H2,1-4H3,(H,26,29). The van der Waals surface area contributed by atoms with Gasteiger partial charge in [-0.15, -0.1) is 0 Å². The molecule has 0 radical (unpaired) electrons. The van der Waals surface area contributed by atoms with Crippen LogP contribution in [-0.2, 0) is 0 Å². The van der Waals surface area contributed by atoms with Crippen LogP contribution < -0.4 is 10.2 Å². The Morgan fingerprint density at radius 2 is 1.17 bits per heavy atom. The van der Waals surface area contributed by atoms with Crippen LogP contribution in [0.1, 0.15) is 90.9 Å². The van der Waals surface area contributed by atoms with E-state index in [2.05, 4.69) is 24.1 Å². The molecule has 4 heteroatoms. The molecule has 0 heterocycles. The van der Waals surface area contributed by atoms with Crippen molar-refractivity contribution < 1.29 is 4.79 Å². The van der Waals surface area contributed by atoms with E-state index in [1.54, 1.807) is 0 Å². The number of unbranched alkanes of at least 4 members (excludes halogenated alkanes) is 10. The predicted octanol–water partition coefficient (Wildman–Crippen LogP) is 7.31. The minimum atomic E-state index is 0.0460. The number of carbonyl (C=O) groups is 1. The molecular formula is C25H45N3O. The molecule has 0 saturated heterocycles. The van der Waals surface area contributed by atoms with Gasteiger partial charge in [-0.3, -0.25) is 0 Å². The van der Waals surface area contributed by atoms with Crippen molar-refractivity contribution in [1.29, 1.82) is 0 Å². The number of hydrogen-bond donors (Lipinski definition) is 1. The van der Waals surface area contributed by atoms with E-state index < -0.39 is 0 Å². The van der Waals surface area contributed by atoms with Crippen LogP contribution in [0.25, 0.3) is 0 Å². The first kappa shape index (κ1) is 25.3. The molecular weight excluding hydrogens is 358 g/mol. The first-order valence-corrected chi connectivity index (χ1v) is 11.9. The Bertz CT molecular complexity index is 511. The Hall–Kier alpha value is -1.71. The number of nitrogens with zero attached hydrogens (tertiary/aromatic N) is 2. The fourth-order valence-corrected chi connectivity index (χ4v) is 3.53. The van der Waals surface area contributed by atoms with Gasteiger partial charge in [0.1, 0.15) is 0 Å². The summed E-state index contributed by atoms with van der Waals surface area (Å²) in [6.45, 7) is 6.22. The molecule has 1 N–H and O–H groups in total. The van der Waals surface area contributed by atoms with Crippen LogP contribution in [0.3, 0.4) is 0 Å². The summed E-state index contributed by atoms with van der Waals surface area (Å²) in [5, 5.41) is 3.10. The first-order valence-electron chi connectivity index (χ1n) is 11.9. The fraction of sp³-hybridized carbons (Fsp3) is 0.720. The Kier molecular flexibility index (Phi) is 14.1. The zero-order valence-electron chi connectivity index (χ0n) is 19.5. The molecule has 1 aromatic carbocycles. The smallest absolute Gasteiger partial charge is 0.321 e. The third-order valence-electron chi connectivity index (χ3n) is 5.49. The van der Waals surface area contributed by atoms with Gasteiger partial charge in [0.25, 0.3) is 0 Å². The molecule has 0 spiro atoms. The van der Waals surface area contributed by atoms with E-state index in [1.807, 2.05) is 43.3 Å². The highest BCUT2D eigenvalue weighted by molar-refractivity contribution is 5.89. The van der Waals surface area contributed by atoms with E-state index in [0.29, 0.717) is 0 Å². The molecule has 0 atom stereocenters. The molecule has 0 aliphatic heterocycles. The van der Waals surface area contributed by atoms with Gasteiger partial charge in [-0.1, -0.05) is 78.1 Å². The predicted molar refractivity (Wildman–Crippen MR) is 128 cm³/mol. The van der Waals surface area contributed by atoms with Crippen molar-refractivity contribution in [2.45, 2.75) is 90.9 Å². The van der Waals surface area contributed by atoms with Gasteiger partial charge in [0, 0.05) is 38.6 Å². The summed E-state index contributed by atoms with van der Waals surface area (Å²) in [5.74, 6) is 0. The number of urea groups is 1. The van der Waals surface area contributed by atoms with Gasteiger partial charge >= 0.3 is 6.03 Å². The summed E-state index contributed by atoms with van der Waals surface area (Å²) in [6.07, 6.45) is 15.1.